The zero-order chi connectivity index (χ0) is 15.8. The first-order valence-electron chi connectivity index (χ1n) is 7.65. The molecule has 0 radical (unpaired) electrons. The molecule has 0 atom stereocenters. The Balaban J connectivity index is 1.85. The van der Waals surface area contributed by atoms with Gasteiger partial charge in [-0.1, -0.05) is 60.3 Å². The molecule has 4 heteroatoms. The Morgan fingerprint density at radius 1 is 0.913 bits per heavy atom. The van der Waals surface area contributed by atoms with Crippen LogP contribution < -0.4 is 0 Å². The van der Waals surface area contributed by atoms with E-state index in [2.05, 4.69) is 77.0 Å². The van der Waals surface area contributed by atoms with E-state index in [-0.39, 0.29) is 0 Å². The average Bonchev–Trinajstić information content (AvgIpc) is 2.97. The van der Waals surface area contributed by atoms with Crippen molar-refractivity contribution in [3.05, 3.63) is 71.3 Å². The Hall–Kier alpha value is -2.33. The van der Waals surface area contributed by atoms with Gasteiger partial charge in [-0.15, -0.1) is 10.2 Å². The van der Waals surface area contributed by atoms with Gasteiger partial charge in [-0.2, -0.15) is 0 Å². The van der Waals surface area contributed by atoms with Crippen LogP contribution in [0.3, 0.4) is 0 Å². The molecule has 0 spiro atoms. The van der Waals surface area contributed by atoms with E-state index in [0.717, 1.165) is 16.6 Å². The lowest BCUT2D eigenvalue weighted by Crippen LogP contribution is -1.95. The SMILES string of the molecule is Cc1cc2nnc(SCc3ccccc3)n2c2c(C)cccc12. The van der Waals surface area contributed by atoms with E-state index in [9.17, 15) is 0 Å². The summed E-state index contributed by atoms with van der Waals surface area (Å²) in [4.78, 5) is 0. The van der Waals surface area contributed by atoms with Crippen molar-refractivity contribution in [2.45, 2.75) is 24.8 Å². The van der Waals surface area contributed by atoms with Crippen LogP contribution in [0.25, 0.3) is 16.6 Å². The van der Waals surface area contributed by atoms with Gasteiger partial charge < -0.3 is 0 Å². The van der Waals surface area contributed by atoms with Gasteiger partial charge in [0, 0.05) is 11.1 Å². The molecule has 4 aromatic rings. The first-order valence-corrected chi connectivity index (χ1v) is 8.63. The highest BCUT2D eigenvalue weighted by Crippen LogP contribution is 2.29. The second kappa shape index (κ2) is 5.70. The van der Waals surface area contributed by atoms with Crippen molar-refractivity contribution in [2.24, 2.45) is 0 Å². The maximum atomic E-state index is 4.42. The number of benzene rings is 2. The topological polar surface area (TPSA) is 30.2 Å². The molecule has 4 rings (SSSR count). The fourth-order valence-corrected chi connectivity index (χ4v) is 3.85. The minimum atomic E-state index is 0.892. The molecule has 114 valence electrons. The summed E-state index contributed by atoms with van der Waals surface area (Å²) < 4.78 is 2.19. The van der Waals surface area contributed by atoms with Crippen LogP contribution in [0.5, 0.6) is 0 Å². The highest BCUT2D eigenvalue weighted by Gasteiger charge is 2.13. The van der Waals surface area contributed by atoms with Gasteiger partial charge >= 0.3 is 0 Å². The number of rotatable bonds is 3. The molecule has 0 saturated heterocycles. The first kappa shape index (κ1) is 14.3. The molecule has 23 heavy (non-hydrogen) atoms. The molecule has 0 amide bonds. The number of para-hydroxylation sites is 1. The Kier molecular flexibility index (Phi) is 3.54. The second-order valence-corrected chi connectivity index (χ2v) is 6.69. The van der Waals surface area contributed by atoms with Crippen LogP contribution >= 0.6 is 11.8 Å². The number of hydrogen-bond donors (Lipinski definition) is 0. The minimum absolute atomic E-state index is 0.892. The summed E-state index contributed by atoms with van der Waals surface area (Å²) in [5.74, 6) is 0.892. The van der Waals surface area contributed by atoms with Crippen LogP contribution in [-0.4, -0.2) is 14.6 Å². The summed E-state index contributed by atoms with van der Waals surface area (Å²) in [5, 5.41) is 11.0. The smallest absolute Gasteiger partial charge is 0.196 e. The van der Waals surface area contributed by atoms with Crippen LogP contribution in [0, 0.1) is 13.8 Å². The molecule has 0 aliphatic carbocycles. The van der Waals surface area contributed by atoms with E-state index >= 15 is 0 Å². The van der Waals surface area contributed by atoms with Gasteiger partial charge in [-0.25, -0.2) is 0 Å². The summed E-state index contributed by atoms with van der Waals surface area (Å²) in [6, 6.07) is 19.0. The lowest BCUT2D eigenvalue weighted by atomic mass is 10.1. The van der Waals surface area contributed by atoms with Crippen LogP contribution in [0.15, 0.2) is 59.8 Å². The van der Waals surface area contributed by atoms with Crippen molar-refractivity contribution in [3.63, 3.8) is 0 Å². The van der Waals surface area contributed by atoms with Crippen LogP contribution in [0.1, 0.15) is 16.7 Å². The van der Waals surface area contributed by atoms with Crippen molar-refractivity contribution in [3.8, 4) is 0 Å². The minimum Gasteiger partial charge on any atom is -0.270 e. The Bertz CT molecular complexity index is 990. The second-order valence-electron chi connectivity index (χ2n) is 5.75. The molecule has 2 aromatic carbocycles. The molecule has 2 heterocycles. The molecular formula is C19H17N3S. The molecule has 0 bridgehead atoms. The van der Waals surface area contributed by atoms with Gasteiger partial charge in [-0.3, -0.25) is 4.40 Å². The molecule has 0 fully saturated rings. The molecule has 0 saturated carbocycles. The van der Waals surface area contributed by atoms with E-state index in [0.29, 0.717) is 0 Å². The van der Waals surface area contributed by atoms with Gasteiger partial charge in [0.2, 0.25) is 0 Å². The number of pyridine rings is 1. The molecule has 3 nitrogen and oxygen atoms in total. The number of aromatic nitrogens is 3. The van der Waals surface area contributed by atoms with E-state index < -0.39 is 0 Å². The lowest BCUT2D eigenvalue weighted by Gasteiger charge is -2.10. The monoisotopic (exact) mass is 319 g/mol. The number of thioether (sulfide) groups is 1. The summed E-state index contributed by atoms with van der Waals surface area (Å²) >= 11 is 1.73. The van der Waals surface area contributed by atoms with Gasteiger partial charge in [-0.05, 0) is 36.6 Å². The van der Waals surface area contributed by atoms with E-state index in [1.165, 1.54) is 27.6 Å². The van der Waals surface area contributed by atoms with Gasteiger partial charge in [0.1, 0.15) is 0 Å². The third-order valence-corrected chi connectivity index (χ3v) is 5.10. The lowest BCUT2D eigenvalue weighted by molar-refractivity contribution is 0.938. The fourth-order valence-electron chi connectivity index (χ4n) is 2.95. The standard InChI is InChI=1S/C19H17N3S/c1-13-7-6-10-16-14(2)11-17-20-21-19(22(17)18(13)16)23-12-15-8-4-3-5-9-15/h3-11H,12H2,1-2H3. The molecule has 0 aliphatic heterocycles. The Morgan fingerprint density at radius 3 is 2.57 bits per heavy atom. The average molecular weight is 319 g/mol. The maximum Gasteiger partial charge on any atom is 0.196 e. The van der Waals surface area contributed by atoms with Crippen LogP contribution in [0.4, 0.5) is 0 Å². The van der Waals surface area contributed by atoms with E-state index in [4.69, 9.17) is 0 Å². The number of nitrogens with zero attached hydrogens (tertiary/aromatic N) is 3. The molecule has 0 aliphatic rings. The molecule has 0 N–H and O–H groups in total. The number of aryl methyl sites for hydroxylation is 2. The third-order valence-electron chi connectivity index (χ3n) is 4.10. The van der Waals surface area contributed by atoms with Crippen molar-refractivity contribution < 1.29 is 0 Å². The third kappa shape index (κ3) is 2.49. The van der Waals surface area contributed by atoms with Crippen LogP contribution in [0.2, 0.25) is 0 Å². The summed E-state index contributed by atoms with van der Waals surface area (Å²) in [6.45, 7) is 4.28. The number of hydrogen-bond acceptors (Lipinski definition) is 3. The number of fused-ring (bicyclic) bond motifs is 3. The van der Waals surface area contributed by atoms with Crippen molar-refractivity contribution in [1.82, 2.24) is 14.6 Å². The highest BCUT2D eigenvalue weighted by atomic mass is 32.2. The largest absolute Gasteiger partial charge is 0.270 e. The summed E-state index contributed by atoms with van der Waals surface area (Å²) in [5.41, 5.74) is 5.91. The normalized spacial score (nSPS) is 11.4. The van der Waals surface area contributed by atoms with E-state index in [1.54, 1.807) is 11.8 Å². The van der Waals surface area contributed by atoms with E-state index in [1.807, 2.05) is 6.07 Å². The van der Waals surface area contributed by atoms with Gasteiger partial charge in [0.15, 0.2) is 10.8 Å². The predicted octanol–water partition coefficient (Wildman–Crippen LogP) is 4.79. The van der Waals surface area contributed by atoms with Crippen molar-refractivity contribution in [2.75, 3.05) is 0 Å². The van der Waals surface area contributed by atoms with Crippen molar-refractivity contribution >= 4 is 28.3 Å². The quantitative estimate of drug-likeness (QED) is 0.509. The van der Waals surface area contributed by atoms with Gasteiger partial charge in [0.25, 0.3) is 0 Å². The Morgan fingerprint density at radius 2 is 1.74 bits per heavy atom. The first-order chi connectivity index (χ1) is 11.2. The summed E-state index contributed by atoms with van der Waals surface area (Å²) in [6.07, 6.45) is 0. The summed E-state index contributed by atoms with van der Waals surface area (Å²) in [7, 11) is 0. The molecule has 0 unspecified atom stereocenters. The molecule has 2 aromatic heterocycles. The fraction of sp³-hybridized carbons (Fsp3) is 0.158. The van der Waals surface area contributed by atoms with Crippen molar-refractivity contribution in [1.29, 1.82) is 0 Å². The molecular weight excluding hydrogens is 302 g/mol. The highest BCUT2D eigenvalue weighted by molar-refractivity contribution is 7.98. The van der Waals surface area contributed by atoms with Crippen LogP contribution in [-0.2, 0) is 5.75 Å². The predicted molar refractivity (Wildman–Crippen MR) is 96.0 cm³/mol. The maximum absolute atomic E-state index is 4.42. The Labute approximate surface area is 139 Å². The zero-order valence-electron chi connectivity index (χ0n) is 13.2. The zero-order valence-corrected chi connectivity index (χ0v) is 14.0. The van der Waals surface area contributed by atoms with Gasteiger partial charge in [0.05, 0.1) is 5.52 Å².